The standard InChI is InChI=1S/C8H18O3/c1-4-10-5-6-11-8(3)7(2)9/h7-9H,4-6H2,1-3H3/t7-,8?/m0/s1. The van der Waals surface area contributed by atoms with Gasteiger partial charge in [-0.05, 0) is 20.8 Å². The highest BCUT2D eigenvalue weighted by atomic mass is 16.5. The van der Waals surface area contributed by atoms with Crippen molar-refractivity contribution in [2.45, 2.75) is 33.0 Å². The molecule has 0 heterocycles. The summed E-state index contributed by atoms with van der Waals surface area (Å²) in [5.41, 5.74) is 0. The molecule has 3 nitrogen and oxygen atoms in total. The number of hydrogen-bond acceptors (Lipinski definition) is 3. The molecule has 0 aromatic carbocycles. The van der Waals surface area contributed by atoms with E-state index in [0.717, 1.165) is 0 Å². The van der Waals surface area contributed by atoms with Crippen LogP contribution in [0.5, 0.6) is 0 Å². The molecule has 0 aliphatic rings. The largest absolute Gasteiger partial charge is 0.391 e. The molecule has 2 atom stereocenters. The quantitative estimate of drug-likeness (QED) is 0.587. The summed E-state index contributed by atoms with van der Waals surface area (Å²) in [4.78, 5) is 0. The third-order valence-electron chi connectivity index (χ3n) is 1.49. The molecule has 1 unspecified atom stereocenters. The van der Waals surface area contributed by atoms with Gasteiger partial charge in [-0.1, -0.05) is 0 Å². The summed E-state index contributed by atoms with van der Waals surface area (Å²) < 4.78 is 10.3. The molecular formula is C8H18O3. The third kappa shape index (κ3) is 6.28. The van der Waals surface area contributed by atoms with E-state index >= 15 is 0 Å². The summed E-state index contributed by atoms with van der Waals surface area (Å²) in [5.74, 6) is 0. The summed E-state index contributed by atoms with van der Waals surface area (Å²) in [7, 11) is 0. The van der Waals surface area contributed by atoms with E-state index < -0.39 is 6.10 Å². The van der Waals surface area contributed by atoms with Gasteiger partial charge in [-0.3, -0.25) is 0 Å². The first kappa shape index (κ1) is 10.9. The monoisotopic (exact) mass is 162 g/mol. The number of aliphatic hydroxyl groups is 1. The lowest BCUT2D eigenvalue weighted by Gasteiger charge is -2.15. The number of aliphatic hydroxyl groups excluding tert-OH is 1. The van der Waals surface area contributed by atoms with Gasteiger partial charge in [0.25, 0.3) is 0 Å². The molecule has 0 aliphatic heterocycles. The van der Waals surface area contributed by atoms with Gasteiger partial charge in [0, 0.05) is 6.61 Å². The summed E-state index contributed by atoms with van der Waals surface area (Å²) in [6, 6.07) is 0. The van der Waals surface area contributed by atoms with Gasteiger partial charge in [0.1, 0.15) is 0 Å². The molecule has 0 amide bonds. The van der Waals surface area contributed by atoms with E-state index in [1.807, 2.05) is 13.8 Å². The molecule has 11 heavy (non-hydrogen) atoms. The van der Waals surface area contributed by atoms with Crippen LogP contribution >= 0.6 is 0 Å². The first-order valence-corrected chi connectivity index (χ1v) is 4.06. The number of rotatable bonds is 6. The van der Waals surface area contributed by atoms with Crippen LogP contribution in [0, 0.1) is 0 Å². The molecule has 0 saturated carbocycles. The minimum Gasteiger partial charge on any atom is -0.391 e. The molecule has 0 aliphatic carbocycles. The third-order valence-corrected chi connectivity index (χ3v) is 1.49. The lowest BCUT2D eigenvalue weighted by molar-refractivity contribution is -0.0392. The molecular weight excluding hydrogens is 144 g/mol. The molecule has 1 N–H and O–H groups in total. The second kappa shape index (κ2) is 6.58. The van der Waals surface area contributed by atoms with Crippen LogP contribution in [-0.2, 0) is 9.47 Å². The summed E-state index contributed by atoms with van der Waals surface area (Å²) >= 11 is 0. The van der Waals surface area contributed by atoms with Crippen molar-refractivity contribution in [2.75, 3.05) is 19.8 Å². The van der Waals surface area contributed by atoms with Crippen molar-refractivity contribution in [3.8, 4) is 0 Å². The van der Waals surface area contributed by atoms with Crippen LogP contribution in [0.15, 0.2) is 0 Å². The SMILES string of the molecule is CCOCCOC(C)[C@H](C)O. The maximum atomic E-state index is 9.01. The summed E-state index contributed by atoms with van der Waals surface area (Å²) in [5, 5.41) is 9.01. The fourth-order valence-corrected chi connectivity index (χ4v) is 0.577. The highest BCUT2D eigenvalue weighted by Crippen LogP contribution is 1.96. The predicted molar refractivity (Wildman–Crippen MR) is 43.6 cm³/mol. The van der Waals surface area contributed by atoms with E-state index in [2.05, 4.69) is 0 Å². The maximum absolute atomic E-state index is 9.01. The predicted octanol–water partition coefficient (Wildman–Crippen LogP) is 0.809. The lowest BCUT2D eigenvalue weighted by atomic mass is 10.3. The Hall–Kier alpha value is -0.120. The van der Waals surface area contributed by atoms with Crippen LogP contribution in [0.2, 0.25) is 0 Å². The number of ether oxygens (including phenoxy) is 2. The van der Waals surface area contributed by atoms with Crippen molar-refractivity contribution >= 4 is 0 Å². The zero-order valence-electron chi connectivity index (χ0n) is 7.54. The first-order valence-electron chi connectivity index (χ1n) is 4.06. The lowest BCUT2D eigenvalue weighted by Crippen LogP contribution is -2.24. The molecule has 0 rings (SSSR count). The fraction of sp³-hybridized carbons (Fsp3) is 1.00. The fourth-order valence-electron chi connectivity index (χ4n) is 0.577. The van der Waals surface area contributed by atoms with Crippen molar-refractivity contribution in [1.82, 2.24) is 0 Å². The van der Waals surface area contributed by atoms with Gasteiger partial charge in [-0.2, -0.15) is 0 Å². The minimum absolute atomic E-state index is 0.101. The molecule has 0 aromatic rings. The van der Waals surface area contributed by atoms with Crippen molar-refractivity contribution in [1.29, 1.82) is 0 Å². The average Bonchev–Trinajstić information content (AvgIpc) is 1.97. The zero-order valence-corrected chi connectivity index (χ0v) is 7.54. The molecule has 0 fully saturated rings. The van der Waals surface area contributed by atoms with Crippen LogP contribution in [0.25, 0.3) is 0 Å². The zero-order chi connectivity index (χ0) is 8.69. The Morgan fingerprint density at radius 2 is 1.91 bits per heavy atom. The summed E-state index contributed by atoms with van der Waals surface area (Å²) in [6.45, 7) is 7.37. The van der Waals surface area contributed by atoms with Gasteiger partial charge in [0.05, 0.1) is 25.4 Å². The van der Waals surface area contributed by atoms with E-state index in [4.69, 9.17) is 14.6 Å². The van der Waals surface area contributed by atoms with Gasteiger partial charge < -0.3 is 14.6 Å². The Labute approximate surface area is 68.3 Å². The Kier molecular flexibility index (Phi) is 6.51. The van der Waals surface area contributed by atoms with Crippen LogP contribution in [0.1, 0.15) is 20.8 Å². The average molecular weight is 162 g/mol. The van der Waals surface area contributed by atoms with E-state index in [1.165, 1.54) is 0 Å². The second-order valence-electron chi connectivity index (χ2n) is 2.51. The van der Waals surface area contributed by atoms with E-state index in [-0.39, 0.29) is 6.10 Å². The Balaban J connectivity index is 3.10. The molecule has 0 radical (unpaired) electrons. The van der Waals surface area contributed by atoms with Crippen molar-refractivity contribution in [2.24, 2.45) is 0 Å². The molecule has 0 bridgehead atoms. The molecule has 68 valence electrons. The Bertz CT molecular complexity index is 83.4. The first-order chi connectivity index (χ1) is 5.18. The summed E-state index contributed by atoms with van der Waals surface area (Å²) in [6.07, 6.45) is -0.507. The van der Waals surface area contributed by atoms with Gasteiger partial charge in [0.2, 0.25) is 0 Å². The van der Waals surface area contributed by atoms with Crippen LogP contribution in [0.3, 0.4) is 0 Å². The Morgan fingerprint density at radius 1 is 1.27 bits per heavy atom. The molecule has 0 saturated heterocycles. The van der Waals surface area contributed by atoms with E-state index in [9.17, 15) is 0 Å². The normalized spacial score (nSPS) is 16.4. The molecule has 0 spiro atoms. The van der Waals surface area contributed by atoms with Gasteiger partial charge in [0.15, 0.2) is 0 Å². The maximum Gasteiger partial charge on any atom is 0.0804 e. The smallest absolute Gasteiger partial charge is 0.0804 e. The van der Waals surface area contributed by atoms with E-state index in [0.29, 0.717) is 19.8 Å². The molecule has 0 aromatic heterocycles. The number of hydrogen-bond donors (Lipinski definition) is 1. The van der Waals surface area contributed by atoms with Crippen LogP contribution < -0.4 is 0 Å². The van der Waals surface area contributed by atoms with Gasteiger partial charge >= 0.3 is 0 Å². The second-order valence-corrected chi connectivity index (χ2v) is 2.51. The highest BCUT2D eigenvalue weighted by Gasteiger charge is 2.07. The van der Waals surface area contributed by atoms with Crippen LogP contribution in [-0.4, -0.2) is 37.1 Å². The molecule has 3 heteroatoms. The minimum atomic E-state index is -0.406. The van der Waals surface area contributed by atoms with Crippen molar-refractivity contribution < 1.29 is 14.6 Å². The van der Waals surface area contributed by atoms with E-state index in [1.54, 1.807) is 6.92 Å². The topological polar surface area (TPSA) is 38.7 Å². The van der Waals surface area contributed by atoms with Crippen molar-refractivity contribution in [3.05, 3.63) is 0 Å². The highest BCUT2D eigenvalue weighted by molar-refractivity contribution is 4.55. The van der Waals surface area contributed by atoms with Crippen molar-refractivity contribution in [3.63, 3.8) is 0 Å². The van der Waals surface area contributed by atoms with Gasteiger partial charge in [-0.25, -0.2) is 0 Å². The van der Waals surface area contributed by atoms with Crippen LogP contribution in [0.4, 0.5) is 0 Å². The van der Waals surface area contributed by atoms with Gasteiger partial charge in [-0.15, -0.1) is 0 Å². The Morgan fingerprint density at radius 3 is 2.36 bits per heavy atom.